The number of hydrogen-bond donors (Lipinski definition) is 1. The third-order valence-corrected chi connectivity index (χ3v) is 3.71. The highest BCUT2D eigenvalue weighted by Crippen LogP contribution is 2.30. The van der Waals surface area contributed by atoms with Crippen molar-refractivity contribution in [1.82, 2.24) is 5.43 Å². The van der Waals surface area contributed by atoms with E-state index < -0.39 is 0 Å². The first-order valence-corrected chi connectivity index (χ1v) is 8.01. The third-order valence-electron chi connectivity index (χ3n) is 2.70. The molecule has 0 aliphatic heterocycles. The summed E-state index contributed by atoms with van der Waals surface area (Å²) in [5, 5.41) is 3.80. The molecule has 1 aromatic heterocycles. The van der Waals surface area contributed by atoms with Crippen molar-refractivity contribution in [2.45, 2.75) is 13.8 Å². The fourth-order valence-corrected chi connectivity index (χ4v) is 2.93. The molecule has 7 heteroatoms. The number of carbonyl (C=O) groups excluding carboxylic acids is 1. The predicted octanol–water partition coefficient (Wildman–Crippen LogP) is 3.95. The second-order valence-electron chi connectivity index (χ2n) is 4.62. The van der Waals surface area contributed by atoms with Crippen LogP contribution in [0.5, 0.6) is 5.75 Å². The molecule has 0 spiro atoms. The Balaban J connectivity index is 1.87. The van der Waals surface area contributed by atoms with E-state index >= 15 is 0 Å². The van der Waals surface area contributed by atoms with Gasteiger partial charge in [-0.2, -0.15) is 5.10 Å². The SMILES string of the molecule is Cc1cc(C)c(OCC(=O)N/N=C/c2ccc(Br)o2)c(Br)c1. The molecule has 0 atom stereocenters. The van der Waals surface area contributed by atoms with Crippen molar-refractivity contribution in [3.8, 4) is 5.75 Å². The largest absolute Gasteiger partial charge is 0.482 e. The monoisotopic (exact) mass is 428 g/mol. The summed E-state index contributed by atoms with van der Waals surface area (Å²) in [5.41, 5.74) is 4.46. The van der Waals surface area contributed by atoms with Crippen LogP contribution in [-0.4, -0.2) is 18.7 Å². The molecule has 22 heavy (non-hydrogen) atoms. The Morgan fingerprint density at radius 1 is 1.36 bits per heavy atom. The second-order valence-corrected chi connectivity index (χ2v) is 6.25. The molecule has 0 aliphatic rings. The zero-order chi connectivity index (χ0) is 16.1. The number of nitrogens with zero attached hydrogens (tertiary/aromatic N) is 1. The van der Waals surface area contributed by atoms with Gasteiger partial charge in [-0.15, -0.1) is 0 Å². The lowest BCUT2D eigenvalue weighted by Crippen LogP contribution is -2.24. The zero-order valence-corrected chi connectivity index (χ0v) is 15.2. The number of hydrazone groups is 1. The van der Waals surface area contributed by atoms with Crippen molar-refractivity contribution in [3.05, 3.63) is 50.3 Å². The van der Waals surface area contributed by atoms with Gasteiger partial charge in [0.15, 0.2) is 11.3 Å². The number of aryl methyl sites for hydroxylation is 2. The van der Waals surface area contributed by atoms with Crippen molar-refractivity contribution in [3.63, 3.8) is 0 Å². The normalized spacial score (nSPS) is 10.9. The summed E-state index contributed by atoms with van der Waals surface area (Å²) < 4.78 is 12.2. The summed E-state index contributed by atoms with van der Waals surface area (Å²) in [6, 6.07) is 7.39. The van der Waals surface area contributed by atoms with Gasteiger partial charge in [-0.25, -0.2) is 5.43 Å². The van der Waals surface area contributed by atoms with Crippen LogP contribution in [0.3, 0.4) is 0 Å². The number of furan rings is 1. The van der Waals surface area contributed by atoms with E-state index in [1.54, 1.807) is 12.1 Å². The van der Waals surface area contributed by atoms with Gasteiger partial charge in [0.05, 0.1) is 10.7 Å². The maximum atomic E-state index is 11.7. The van der Waals surface area contributed by atoms with Crippen LogP contribution in [0.25, 0.3) is 0 Å². The topological polar surface area (TPSA) is 63.8 Å². The van der Waals surface area contributed by atoms with Crippen LogP contribution in [0.2, 0.25) is 0 Å². The van der Waals surface area contributed by atoms with E-state index in [1.165, 1.54) is 6.21 Å². The van der Waals surface area contributed by atoms with E-state index in [0.29, 0.717) is 16.2 Å². The maximum Gasteiger partial charge on any atom is 0.277 e. The van der Waals surface area contributed by atoms with Gasteiger partial charge >= 0.3 is 0 Å². The first-order chi connectivity index (χ1) is 10.5. The summed E-state index contributed by atoms with van der Waals surface area (Å²) >= 11 is 6.61. The van der Waals surface area contributed by atoms with E-state index in [4.69, 9.17) is 9.15 Å². The van der Waals surface area contributed by atoms with Gasteiger partial charge in [0.1, 0.15) is 11.5 Å². The molecule has 1 amide bonds. The van der Waals surface area contributed by atoms with E-state index in [2.05, 4.69) is 42.4 Å². The Morgan fingerprint density at radius 3 is 2.77 bits per heavy atom. The molecule has 0 saturated carbocycles. The molecular weight excluding hydrogens is 416 g/mol. The molecule has 0 radical (unpaired) electrons. The fourth-order valence-electron chi connectivity index (χ4n) is 1.82. The van der Waals surface area contributed by atoms with E-state index in [-0.39, 0.29) is 12.5 Å². The van der Waals surface area contributed by atoms with Crippen LogP contribution >= 0.6 is 31.9 Å². The Kier molecular flexibility index (Phi) is 5.79. The predicted molar refractivity (Wildman–Crippen MR) is 91.3 cm³/mol. The Labute approximate surface area is 145 Å². The molecule has 1 N–H and O–H groups in total. The fraction of sp³-hybridized carbons (Fsp3) is 0.200. The second kappa shape index (κ2) is 7.60. The number of rotatable bonds is 5. The summed E-state index contributed by atoms with van der Waals surface area (Å²) in [4.78, 5) is 11.7. The van der Waals surface area contributed by atoms with Crippen LogP contribution in [0, 0.1) is 13.8 Å². The minimum absolute atomic E-state index is 0.123. The molecule has 0 fully saturated rings. The van der Waals surface area contributed by atoms with Crippen LogP contribution in [0.4, 0.5) is 0 Å². The molecule has 0 unspecified atom stereocenters. The summed E-state index contributed by atoms with van der Waals surface area (Å²) in [5.74, 6) is 0.832. The van der Waals surface area contributed by atoms with Gasteiger partial charge in [0.2, 0.25) is 0 Å². The van der Waals surface area contributed by atoms with Crippen molar-refractivity contribution >= 4 is 44.0 Å². The molecule has 1 heterocycles. The molecule has 0 saturated heterocycles. The molecule has 0 bridgehead atoms. The molecule has 1 aromatic carbocycles. The molecule has 2 rings (SSSR count). The standard InChI is InChI=1S/C15H14Br2N2O3/c1-9-5-10(2)15(12(16)6-9)21-8-14(20)19-18-7-11-3-4-13(17)22-11/h3-7H,8H2,1-2H3,(H,19,20)/b18-7+. The maximum absolute atomic E-state index is 11.7. The van der Waals surface area contributed by atoms with Crippen molar-refractivity contribution < 1.29 is 13.9 Å². The summed E-state index contributed by atoms with van der Waals surface area (Å²) in [6.07, 6.45) is 1.41. The number of amides is 1. The van der Waals surface area contributed by atoms with Gasteiger partial charge < -0.3 is 9.15 Å². The summed E-state index contributed by atoms with van der Waals surface area (Å²) in [6.45, 7) is 3.80. The Morgan fingerprint density at radius 2 is 2.14 bits per heavy atom. The Hall–Kier alpha value is -1.60. The summed E-state index contributed by atoms with van der Waals surface area (Å²) in [7, 11) is 0. The number of halogens is 2. The average Bonchev–Trinajstić information content (AvgIpc) is 2.83. The minimum atomic E-state index is -0.353. The minimum Gasteiger partial charge on any atom is -0.482 e. The smallest absolute Gasteiger partial charge is 0.277 e. The first-order valence-electron chi connectivity index (χ1n) is 6.42. The molecule has 2 aromatic rings. The number of carbonyl (C=O) groups is 1. The number of hydrogen-bond acceptors (Lipinski definition) is 4. The lowest BCUT2D eigenvalue weighted by atomic mass is 10.1. The lowest BCUT2D eigenvalue weighted by molar-refractivity contribution is -0.123. The molecule has 116 valence electrons. The van der Waals surface area contributed by atoms with E-state index in [1.807, 2.05) is 26.0 Å². The van der Waals surface area contributed by atoms with Crippen LogP contribution in [-0.2, 0) is 4.79 Å². The number of nitrogens with one attached hydrogen (secondary N) is 1. The first kappa shape index (κ1) is 16.8. The van der Waals surface area contributed by atoms with E-state index in [9.17, 15) is 4.79 Å². The molecular formula is C15H14Br2N2O3. The van der Waals surface area contributed by atoms with Crippen molar-refractivity contribution in [2.75, 3.05) is 6.61 Å². The lowest BCUT2D eigenvalue weighted by Gasteiger charge is -2.11. The van der Waals surface area contributed by atoms with Crippen molar-refractivity contribution in [2.24, 2.45) is 5.10 Å². The van der Waals surface area contributed by atoms with Gasteiger partial charge in [0, 0.05) is 0 Å². The van der Waals surface area contributed by atoms with Crippen LogP contribution in [0.1, 0.15) is 16.9 Å². The number of benzene rings is 1. The third kappa shape index (κ3) is 4.71. The zero-order valence-electron chi connectivity index (χ0n) is 12.0. The quantitative estimate of drug-likeness (QED) is 0.578. The van der Waals surface area contributed by atoms with Gasteiger partial charge in [-0.05, 0) is 75.0 Å². The van der Waals surface area contributed by atoms with Crippen LogP contribution < -0.4 is 10.2 Å². The van der Waals surface area contributed by atoms with Gasteiger partial charge in [-0.3, -0.25) is 4.79 Å². The average molecular weight is 430 g/mol. The Bertz CT molecular complexity index is 688. The highest BCUT2D eigenvalue weighted by molar-refractivity contribution is 9.10. The number of ether oxygens (including phenoxy) is 1. The molecule has 5 nitrogen and oxygen atoms in total. The highest BCUT2D eigenvalue weighted by atomic mass is 79.9. The van der Waals surface area contributed by atoms with Crippen LogP contribution in [0.15, 0.2) is 42.9 Å². The van der Waals surface area contributed by atoms with Gasteiger partial charge in [0.25, 0.3) is 5.91 Å². The molecule has 0 aliphatic carbocycles. The highest BCUT2D eigenvalue weighted by Gasteiger charge is 2.08. The van der Waals surface area contributed by atoms with Gasteiger partial charge in [-0.1, -0.05) is 6.07 Å². The van der Waals surface area contributed by atoms with E-state index in [0.717, 1.165) is 15.6 Å². The van der Waals surface area contributed by atoms with Crippen molar-refractivity contribution in [1.29, 1.82) is 0 Å².